The largest absolute Gasteiger partial charge is 0.338 e. The van der Waals surface area contributed by atoms with Gasteiger partial charge in [0, 0.05) is 54.6 Å². The highest BCUT2D eigenvalue weighted by atomic mass is 32.2. The minimum Gasteiger partial charge on any atom is -0.338 e. The van der Waals surface area contributed by atoms with Gasteiger partial charge in [0.25, 0.3) is 6.17 Å². The summed E-state index contributed by atoms with van der Waals surface area (Å²) < 4.78 is 6.95. The number of allylic oxidation sites excluding steroid dienone is 4. The van der Waals surface area contributed by atoms with Gasteiger partial charge in [-0.1, -0.05) is 103 Å². The van der Waals surface area contributed by atoms with E-state index in [2.05, 4.69) is 226 Å². The van der Waals surface area contributed by atoms with Crippen LogP contribution in [0.2, 0.25) is 0 Å². The summed E-state index contributed by atoms with van der Waals surface area (Å²) in [5, 5.41) is 5.07. The molecule has 0 N–H and O–H groups in total. The van der Waals surface area contributed by atoms with Gasteiger partial charge in [-0.3, -0.25) is 4.48 Å². The minimum atomic E-state index is 0.335. The Labute approximate surface area is 372 Å². The molecule has 0 bridgehead atoms. The molecule has 2 aliphatic heterocycles. The van der Waals surface area contributed by atoms with Crippen molar-refractivity contribution >= 4 is 68.9 Å². The van der Waals surface area contributed by atoms with Crippen molar-refractivity contribution in [1.29, 1.82) is 0 Å². The van der Waals surface area contributed by atoms with Crippen LogP contribution >= 0.6 is 23.5 Å². The lowest BCUT2D eigenvalue weighted by molar-refractivity contribution is -1.05. The van der Waals surface area contributed by atoms with Gasteiger partial charge in [0.15, 0.2) is 18.9 Å². The Morgan fingerprint density at radius 1 is 0.590 bits per heavy atom. The first-order chi connectivity index (χ1) is 29.5. The summed E-state index contributed by atoms with van der Waals surface area (Å²) in [6, 6.07) is 39.6. The molecule has 0 radical (unpaired) electrons. The molecule has 6 aromatic rings. The Hall–Kier alpha value is -5.12. The van der Waals surface area contributed by atoms with E-state index in [0.717, 1.165) is 48.0 Å². The van der Waals surface area contributed by atoms with Gasteiger partial charge in [-0.15, -0.1) is 4.57 Å². The first-order valence-electron chi connectivity index (χ1n) is 21.8. The number of para-hydroxylation sites is 4. The lowest BCUT2D eigenvalue weighted by Gasteiger charge is -2.35. The average molecular weight is 847 g/mol. The maximum absolute atomic E-state index is 2.54. The van der Waals surface area contributed by atoms with Gasteiger partial charge in [0.05, 0.1) is 92.9 Å². The Morgan fingerprint density at radius 3 is 1.69 bits per heavy atom. The summed E-state index contributed by atoms with van der Waals surface area (Å²) in [5.41, 5.74) is 7.63. The third-order valence-electron chi connectivity index (χ3n) is 12.6. The molecule has 0 aliphatic carbocycles. The van der Waals surface area contributed by atoms with Crippen LogP contribution in [0.4, 0.5) is 11.4 Å². The van der Waals surface area contributed by atoms with Crippen LogP contribution in [0.3, 0.4) is 0 Å². The van der Waals surface area contributed by atoms with E-state index in [4.69, 9.17) is 0 Å². The summed E-state index contributed by atoms with van der Waals surface area (Å²) in [4.78, 5) is 7.18. The van der Waals surface area contributed by atoms with Crippen molar-refractivity contribution in [2.45, 2.75) is 48.7 Å². The van der Waals surface area contributed by atoms with E-state index >= 15 is 0 Å². The summed E-state index contributed by atoms with van der Waals surface area (Å²) in [6.45, 7) is 6.77. The Morgan fingerprint density at radius 2 is 1.10 bits per heavy atom. The number of aromatic nitrogens is 2. The van der Waals surface area contributed by atoms with Crippen molar-refractivity contribution in [2.24, 2.45) is 0 Å². The van der Waals surface area contributed by atoms with Crippen molar-refractivity contribution in [3.63, 3.8) is 0 Å². The van der Waals surface area contributed by atoms with Gasteiger partial charge in [-0.2, -0.15) is 4.57 Å². The third kappa shape index (κ3) is 9.38. The fourth-order valence-electron chi connectivity index (χ4n) is 9.19. The standard InChI is InChI=1S/C53H62N6S2/c1-8-51(57-37-34-42(44-24-10-12-26-46(44)57)22-18-32-53-55(3)48-28-14-16-30-50(48)61-53)59(6,7)40-20-39-58(4,5)38-19-35-56-36-33-41(43-23-9-11-25-45(43)56)21-17-31-52-54(2)47-27-13-15-29-49(47)60-52/h9-18,21-34,36-37,51H,8,19-20,35,38-40H2,1-7H3/q+4. The second kappa shape index (κ2) is 18.5. The SMILES string of the molecule is CCC([n+]1ccc(C=CC=C2Sc3ccccc3N2C)c2ccccc21)[N+](C)(C)CCC[N+](C)(C)CCC[n+]1ccc(C=CC=C2Sc3ccccc3N2C)c2ccccc21. The average Bonchev–Trinajstić information content (AvgIpc) is 3.76. The Kier molecular flexibility index (Phi) is 12.9. The van der Waals surface area contributed by atoms with Gasteiger partial charge >= 0.3 is 0 Å². The molecule has 4 heterocycles. The van der Waals surface area contributed by atoms with E-state index in [9.17, 15) is 0 Å². The molecule has 61 heavy (non-hydrogen) atoms. The number of nitrogens with zero attached hydrogens (tertiary/aromatic N) is 6. The van der Waals surface area contributed by atoms with Crippen molar-refractivity contribution in [3.05, 3.63) is 167 Å². The van der Waals surface area contributed by atoms with Crippen LogP contribution in [0, 0.1) is 0 Å². The lowest BCUT2D eigenvalue weighted by atomic mass is 10.1. The number of fused-ring (bicyclic) bond motifs is 4. The zero-order chi connectivity index (χ0) is 42.6. The number of thioether (sulfide) groups is 2. The molecule has 0 fully saturated rings. The molecule has 0 spiro atoms. The number of quaternary nitrogens is 2. The number of benzene rings is 4. The first-order valence-corrected chi connectivity index (χ1v) is 23.4. The van der Waals surface area contributed by atoms with E-state index in [-0.39, 0.29) is 0 Å². The third-order valence-corrected chi connectivity index (χ3v) is 15.0. The second-order valence-corrected chi connectivity index (χ2v) is 19.8. The van der Waals surface area contributed by atoms with Crippen LogP contribution in [-0.2, 0) is 6.54 Å². The van der Waals surface area contributed by atoms with Crippen molar-refractivity contribution in [2.75, 3.05) is 71.7 Å². The highest BCUT2D eigenvalue weighted by molar-refractivity contribution is 8.04. The Bertz CT molecular complexity index is 2660. The van der Waals surface area contributed by atoms with Crippen molar-refractivity contribution < 1.29 is 18.1 Å². The predicted molar refractivity (Wildman–Crippen MR) is 261 cm³/mol. The molecule has 0 saturated carbocycles. The highest BCUT2D eigenvalue weighted by Gasteiger charge is 2.36. The molecule has 6 nitrogen and oxygen atoms in total. The number of hydrogen-bond acceptors (Lipinski definition) is 4. The fraction of sp³-hybridized carbons (Fsp3) is 0.283. The summed E-state index contributed by atoms with van der Waals surface area (Å²) in [7, 11) is 14.0. The van der Waals surface area contributed by atoms with Crippen LogP contribution in [0.25, 0.3) is 34.0 Å². The number of aryl methyl sites for hydroxylation is 1. The molecule has 8 rings (SSSR count). The van der Waals surface area contributed by atoms with Crippen molar-refractivity contribution in [1.82, 2.24) is 0 Å². The van der Waals surface area contributed by atoms with E-state index in [1.54, 1.807) is 0 Å². The smallest absolute Gasteiger partial charge is 0.284 e. The predicted octanol–water partition coefficient (Wildman–Crippen LogP) is 11.3. The van der Waals surface area contributed by atoms with Gasteiger partial charge in [-0.05, 0) is 59.7 Å². The van der Waals surface area contributed by atoms with Gasteiger partial charge < -0.3 is 14.3 Å². The van der Waals surface area contributed by atoms with E-state index in [0.29, 0.717) is 6.17 Å². The van der Waals surface area contributed by atoms with Crippen LogP contribution < -0.4 is 18.9 Å². The van der Waals surface area contributed by atoms with E-state index < -0.39 is 0 Å². The molecule has 0 saturated heterocycles. The molecule has 0 amide bonds. The van der Waals surface area contributed by atoms with Crippen LogP contribution in [0.15, 0.2) is 166 Å². The van der Waals surface area contributed by atoms with Gasteiger partial charge in [0.1, 0.15) is 0 Å². The molecule has 1 unspecified atom stereocenters. The monoisotopic (exact) mass is 846 g/mol. The lowest BCUT2D eigenvalue weighted by Crippen LogP contribution is -2.58. The zero-order valence-electron chi connectivity index (χ0n) is 37.0. The number of rotatable bonds is 15. The van der Waals surface area contributed by atoms with Gasteiger partial charge in [0.2, 0.25) is 11.0 Å². The number of anilines is 2. The fourth-order valence-corrected chi connectivity index (χ4v) is 11.3. The summed E-state index contributed by atoms with van der Waals surface area (Å²) in [6.07, 6.45) is 21.7. The quantitative estimate of drug-likeness (QED) is 0.0755. The van der Waals surface area contributed by atoms with E-state index in [1.165, 1.54) is 70.6 Å². The van der Waals surface area contributed by atoms with Crippen LogP contribution in [-0.4, -0.2) is 70.9 Å². The van der Waals surface area contributed by atoms with Crippen LogP contribution in [0.5, 0.6) is 0 Å². The van der Waals surface area contributed by atoms with Crippen molar-refractivity contribution in [3.8, 4) is 0 Å². The maximum Gasteiger partial charge on any atom is 0.284 e. The molecular weight excluding hydrogens is 785 g/mol. The number of pyridine rings is 2. The minimum absolute atomic E-state index is 0.335. The molecule has 4 aromatic carbocycles. The molecular formula is C53H62N6S2+4. The molecule has 2 aromatic heterocycles. The van der Waals surface area contributed by atoms with Crippen LogP contribution in [0.1, 0.15) is 43.5 Å². The molecule has 2 aliphatic rings. The normalized spacial score (nSPS) is 16.2. The molecule has 8 heteroatoms. The summed E-state index contributed by atoms with van der Waals surface area (Å²) >= 11 is 3.66. The van der Waals surface area contributed by atoms with E-state index in [1.807, 2.05) is 23.5 Å². The maximum atomic E-state index is 2.54. The first kappa shape index (κ1) is 42.6. The Balaban J connectivity index is 0.873. The highest BCUT2D eigenvalue weighted by Crippen LogP contribution is 2.45. The second-order valence-electron chi connectivity index (χ2n) is 17.6. The number of hydrogen-bond donors (Lipinski definition) is 0. The molecule has 1 atom stereocenters. The summed E-state index contributed by atoms with van der Waals surface area (Å²) in [5.74, 6) is 0. The zero-order valence-corrected chi connectivity index (χ0v) is 38.7. The topological polar surface area (TPSA) is 14.2 Å². The van der Waals surface area contributed by atoms with Gasteiger partial charge in [-0.25, -0.2) is 0 Å². The molecule has 312 valence electrons.